The minimum atomic E-state index is -4.29. The van der Waals surface area contributed by atoms with Gasteiger partial charge < -0.3 is 14.1 Å². The van der Waals surface area contributed by atoms with Crippen molar-refractivity contribution in [3.05, 3.63) is 36.5 Å². The largest absolute Gasteiger partial charge is 0.472 e. The third-order valence-corrected chi connectivity index (χ3v) is 6.04. The van der Waals surface area contributed by atoms with E-state index in [-0.39, 0.29) is 19.6 Å². The van der Waals surface area contributed by atoms with Crippen LogP contribution < -0.4 is 0 Å². The van der Waals surface area contributed by atoms with E-state index >= 15 is 0 Å². The van der Waals surface area contributed by atoms with Gasteiger partial charge in [0.25, 0.3) is 0 Å². The van der Waals surface area contributed by atoms with Gasteiger partial charge in [0, 0.05) is 6.42 Å². The summed E-state index contributed by atoms with van der Waals surface area (Å²) in [7, 11) is 1.47. The number of phosphoric ester groups is 1. The molecule has 0 aliphatic rings. The van der Waals surface area contributed by atoms with Gasteiger partial charge >= 0.3 is 13.8 Å². The normalized spacial score (nSPS) is 15.2. The quantitative estimate of drug-likeness (QED) is 0.0321. The number of carbonyl (C=O) groups excluding carboxylic acids is 1. The number of carbonyl (C=O) groups is 1. The van der Waals surface area contributed by atoms with Crippen LogP contribution in [0.3, 0.4) is 0 Å². The molecule has 0 aromatic heterocycles. The number of ether oxygens (including phenoxy) is 1. The monoisotopic (exact) mass is 534 g/mol. The molecule has 0 heterocycles. The van der Waals surface area contributed by atoms with Crippen LogP contribution in [0, 0.1) is 0 Å². The lowest BCUT2D eigenvalue weighted by Gasteiger charge is -2.24. The molecule has 0 aliphatic carbocycles. The van der Waals surface area contributed by atoms with Crippen LogP contribution in [-0.2, 0) is 28.0 Å². The summed E-state index contributed by atoms with van der Waals surface area (Å²) < 4.78 is 27.2. The summed E-state index contributed by atoms with van der Waals surface area (Å²) in [6.45, 7) is 1.93. The number of rotatable bonds is 23. The Morgan fingerprint density at radius 3 is 2.14 bits per heavy atom. The standard InChI is InChI=1S/C26H48NO8P/c1-5-6-7-8-9-10-11-12-13-14-15-16-17-18-19-20-26(28)32-23-25(35-29)24-34-36(30,31)33-22-21-27(2,3)4/h6-7,9-10,12-13,25H,5,8,11,14-24H2,1-4H3,(H-,29,30,31)/p+1/b7-6-,10-9-,13-12-/t25-/m1/s1. The molecule has 9 nitrogen and oxygen atoms in total. The maximum atomic E-state index is 11.9. The molecule has 0 spiro atoms. The Morgan fingerprint density at radius 2 is 1.50 bits per heavy atom. The summed E-state index contributed by atoms with van der Waals surface area (Å²) in [5.74, 6) is -0.412. The molecule has 10 heteroatoms. The lowest BCUT2D eigenvalue weighted by Crippen LogP contribution is -2.37. The second-order valence-corrected chi connectivity index (χ2v) is 11.1. The van der Waals surface area contributed by atoms with Gasteiger partial charge in [-0.3, -0.25) is 19.1 Å². The van der Waals surface area contributed by atoms with Gasteiger partial charge in [0.05, 0.1) is 27.7 Å². The molecule has 0 fully saturated rings. The van der Waals surface area contributed by atoms with E-state index in [9.17, 15) is 14.3 Å². The molecule has 0 aromatic rings. The molecule has 0 amide bonds. The number of hydrogen-bond acceptors (Lipinski definition) is 7. The van der Waals surface area contributed by atoms with Crippen molar-refractivity contribution in [2.75, 3.05) is 47.5 Å². The maximum Gasteiger partial charge on any atom is 0.472 e. The van der Waals surface area contributed by atoms with Gasteiger partial charge in [-0.2, -0.15) is 0 Å². The number of hydrogen-bond donors (Lipinski definition) is 2. The minimum Gasteiger partial charge on any atom is -0.463 e. The molecule has 1 unspecified atom stereocenters. The summed E-state index contributed by atoms with van der Waals surface area (Å²) in [5.41, 5.74) is 0. The van der Waals surface area contributed by atoms with Crippen LogP contribution in [0.1, 0.15) is 71.1 Å². The van der Waals surface area contributed by atoms with E-state index in [1.807, 2.05) is 21.1 Å². The van der Waals surface area contributed by atoms with E-state index in [4.69, 9.17) is 19.0 Å². The predicted octanol–water partition coefficient (Wildman–Crippen LogP) is 5.82. The highest BCUT2D eigenvalue weighted by Crippen LogP contribution is 2.43. The summed E-state index contributed by atoms with van der Waals surface area (Å²) >= 11 is 0. The molecule has 0 aromatic carbocycles. The molecule has 2 atom stereocenters. The molecule has 0 aliphatic heterocycles. The number of allylic oxidation sites excluding steroid dienone is 6. The molecule has 0 bridgehead atoms. The Kier molecular flexibility index (Phi) is 20.9. The molecule has 36 heavy (non-hydrogen) atoms. The highest BCUT2D eigenvalue weighted by Gasteiger charge is 2.25. The van der Waals surface area contributed by atoms with Crippen LogP contribution in [-0.4, -0.2) is 74.2 Å². The van der Waals surface area contributed by atoms with Crippen molar-refractivity contribution >= 4 is 13.8 Å². The van der Waals surface area contributed by atoms with Crippen LogP contribution >= 0.6 is 7.82 Å². The number of nitrogens with zero attached hydrogens (tertiary/aromatic N) is 1. The Balaban J connectivity index is 3.78. The van der Waals surface area contributed by atoms with E-state index in [1.54, 1.807) is 0 Å². The zero-order valence-electron chi connectivity index (χ0n) is 22.7. The predicted molar refractivity (Wildman–Crippen MR) is 142 cm³/mol. The summed E-state index contributed by atoms with van der Waals surface area (Å²) in [6.07, 6.45) is 21.4. The third kappa shape index (κ3) is 24.4. The van der Waals surface area contributed by atoms with Gasteiger partial charge in [-0.1, -0.05) is 62.6 Å². The first-order valence-electron chi connectivity index (χ1n) is 12.9. The molecular formula is C26H49NO8P+. The first-order chi connectivity index (χ1) is 17.1. The zero-order chi connectivity index (χ0) is 27.1. The fraction of sp³-hybridized carbons (Fsp3) is 0.731. The lowest BCUT2D eigenvalue weighted by molar-refractivity contribution is -0.870. The van der Waals surface area contributed by atoms with Crippen LogP contribution in [0.25, 0.3) is 0 Å². The van der Waals surface area contributed by atoms with Gasteiger partial charge in [-0.15, -0.1) is 0 Å². The second kappa shape index (κ2) is 21.7. The molecule has 0 radical (unpaired) electrons. The van der Waals surface area contributed by atoms with Crippen molar-refractivity contribution in [3.8, 4) is 0 Å². The molecule has 2 N–H and O–H groups in total. The number of likely N-dealkylation sites (N-methyl/N-ethyl adjacent to an activating group) is 1. The maximum absolute atomic E-state index is 11.9. The molecule has 0 saturated carbocycles. The van der Waals surface area contributed by atoms with Gasteiger partial charge in [0.1, 0.15) is 19.8 Å². The number of unbranched alkanes of at least 4 members (excludes halogenated alkanes) is 5. The summed E-state index contributed by atoms with van der Waals surface area (Å²) in [6, 6.07) is 0. The van der Waals surface area contributed by atoms with Crippen molar-refractivity contribution in [2.24, 2.45) is 0 Å². The van der Waals surface area contributed by atoms with E-state index < -0.39 is 26.5 Å². The minimum absolute atomic E-state index is 0.0304. The Morgan fingerprint density at radius 1 is 0.889 bits per heavy atom. The summed E-state index contributed by atoms with van der Waals surface area (Å²) in [5, 5.41) is 8.94. The lowest BCUT2D eigenvalue weighted by atomic mass is 10.1. The molecular weight excluding hydrogens is 485 g/mol. The average molecular weight is 535 g/mol. The zero-order valence-corrected chi connectivity index (χ0v) is 23.6. The van der Waals surface area contributed by atoms with E-state index in [1.165, 1.54) is 0 Å². The molecule has 0 saturated heterocycles. The van der Waals surface area contributed by atoms with Gasteiger partial charge in [-0.05, 0) is 38.5 Å². The number of phosphoric acid groups is 1. The van der Waals surface area contributed by atoms with Crippen LogP contribution in [0.5, 0.6) is 0 Å². The van der Waals surface area contributed by atoms with Crippen LogP contribution in [0.4, 0.5) is 0 Å². The van der Waals surface area contributed by atoms with Gasteiger partial charge in [0.2, 0.25) is 0 Å². The van der Waals surface area contributed by atoms with Crippen molar-refractivity contribution in [1.29, 1.82) is 0 Å². The van der Waals surface area contributed by atoms with Crippen LogP contribution in [0.15, 0.2) is 36.5 Å². The number of esters is 1. The summed E-state index contributed by atoms with van der Waals surface area (Å²) in [4.78, 5) is 25.8. The smallest absolute Gasteiger partial charge is 0.463 e. The SMILES string of the molecule is CC/C=C\C/C=C\C/C=C\CCCCCCCC(=O)OC[C@H](COP(=O)(O)OCC[N+](C)(C)C)OO. The Labute approximate surface area is 217 Å². The average Bonchev–Trinajstić information content (AvgIpc) is 2.80. The van der Waals surface area contributed by atoms with Gasteiger partial charge in [0.15, 0.2) is 6.10 Å². The van der Waals surface area contributed by atoms with Crippen molar-refractivity contribution in [2.45, 2.75) is 77.2 Å². The topological polar surface area (TPSA) is 112 Å². The van der Waals surface area contributed by atoms with E-state index in [2.05, 4.69) is 48.3 Å². The molecule has 0 rings (SSSR count). The second-order valence-electron chi connectivity index (χ2n) is 9.62. The van der Waals surface area contributed by atoms with Crippen molar-refractivity contribution in [3.63, 3.8) is 0 Å². The van der Waals surface area contributed by atoms with Gasteiger partial charge in [-0.25, -0.2) is 9.45 Å². The third-order valence-electron chi connectivity index (χ3n) is 5.05. The Hall–Kier alpha value is -1.32. The van der Waals surface area contributed by atoms with Crippen molar-refractivity contribution in [1.82, 2.24) is 0 Å². The van der Waals surface area contributed by atoms with E-state index in [0.29, 0.717) is 11.0 Å². The highest BCUT2D eigenvalue weighted by molar-refractivity contribution is 7.47. The Bertz CT molecular complexity index is 688. The first kappa shape index (κ1) is 34.7. The van der Waals surface area contributed by atoms with Crippen molar-refractivity contribution < 1.29 is 42.7 Å². The highest BCUT2D eigenvalue weighted by atomic mass is 31.2. The number of quaternary nitrogens is 1. The van der Waals surface area contributed by atoms with E-state index in [0.717, 1.165) is 57.8 Å². The fourth-order valence-electron chi connectivity index (χ4n) is 2.90. The molecule has 210 valence electrons. The van der Waals surface area contributed by atoms with Crippen LogP contribution in [0.2, 0.25) is 0 Å². The first-order valence-corrected chi connectivity index (χ1v) is 14.4. The fourth-order valence-corrected chi connectivity index (χ4v) is 3.64.